The van der Waals surface area contributed by atoms with Crippen molar-refractivity contribution < 1.29 is 14.5 Å². The lowest BCUT2D eigenvalue weighted by Crippen LogP contribution is -2.47. The molecule has 3 aromatic rings. The number of benzene rings is 3. The number of carbonyl (C=O) groups is 2. The number of hydrogen-bond acceptors (Lipinski definition) is 6. The number of rotatable bonds is 9. The van der Waals surface area contributed by atoms with Gasteiger partial charge in [-0.1, -0.05) is 60.2 Å². The molecule has 0 bridgehead atoms. The van der Waals surface area contributed by atoms with E-state index in [0.717, 1.165) is 31.5 Å². The minimum absolute atomic E-state index is 0.0696. The first kappa shape index (κ1) is 25.1. The van der Waals surface area contributed by atoms with Gasteiger partial charge in [-0.15, -0.1) is 0 Å². The van der Waals surface area contributed by atoms with E-state index in [1.54, 1.807) is 0 Å². The van der Waals surface area contributed by atoms with Crippen molar-refractivity contribution in [3.05, 3.63) is 105 Å². The predicted octanol–water partition coefficient (Wildman–Crippen LogP) is 3.77. The topological polar surface area (TPSA) is 95.8 Å². The van der Waals surface area contributed by atoms with Crippen LogP contribution in [0.2, 0.25) is 0 Å². The summed E-state index contributed by atoms with van der Waals surface area (Å²) in [7, 11) is 0. The van der Waals surface area contributed by atoms with E-state index in [2.05, 4.69) is 41.4 Å². The van der Waals surface area contributed by atoms with E-state index in [0.29, 0.717) is 30.8 Å². The maximum atomic E-state index is 13.2. The highest BCUT2D eigenvalue weighted by molar-refractivity contribution is 6.01. The lowest BCUT2D eigenvalue weighted by atomic mass is 10.0. The highest BCUT2D eigenvalue weighted by atomic mass is 16.6. The van der Waals surface area contributed by atoms with Crippen molar-refractivity contribution in [1.29, 1.82) is 0 Å². The third-order valence-electron chi connectivity index (χ3n) is 6.46. The Labute approximate surface area is 210 Å². The molecule has 1 aliphatic heterocycles. The summed E-state index contributed by atoms with van der Waals surface area (Å²) in [4.78, 5) is 40.2. The number of hydrogen-bond donors (Lipinski definition) is 1. The maximum Gasteiger partial charge on any atom is 0.271 e. The number of carbonyl (C=O) groups excluding carboxylic acids is 2. The molecule has 8 nitrogen and oxygen atoms in total. The monoisotopic (exact) mass is 486 g/mol. The Balaban J connectivity index is 1.47. The number of non-ortho nitro benzene ring substituents is 1. The molecule has 0 aromatic heterocycles. The van der Waals surface area contributed by atoms with Gasteiger partial charge in [0.1, 0.15) is 6.29 Å². The standard InChI is InChI=1S/C28H30N4O4/c1-21-7-9-23(10-8-21)19-30-13-15-31(16-14-30)27-18-25(32(35)36)11-12-26(27)28(34)29-24(20-33)17-22-5-3-2-4-6-22/h2-12,18,20,24H,13-17,19H2,1H3,(H,29,34). The molecule has 1 fully saturated rings. The van der Waals surface area contributed by atoms with E-state index in [1.165, 1.54) is 29.3 Å². The molecule has 1 heterocycles. The van der Waals surface area contributed by atoms with Gasteiger partial charge in [-0.25, -0.2) is 0 Å². The lowest BCUT2D eigenvalue weighted by Gasteiger charge is -2.36. The van der Waals surface area contributed by atoms with E-state index < -0.39 is 16.9 Å². The van der Waals surface area contributed by atoms with Crippen molar-refractivity contribution in [3.63, 3.8) is 0 Å². The van der Waals surface area contributed by atoms with Gasteiger partial charge < -0.3 is 15.0 Å². The summed E-state index contributed by atoms with van der Waals surface area (Å²) in [6.07, 6.45) is 1.09. The van der Waals surface area contributed by atoms with Crippen LogP contribution in [0.4, 0.5) is 11.4 Å². The van der Waals surface area contributed by atoms with E-state index >= 15 is 0 Å². The Morgan fingerprint density at radius 3 is 2.33 bits per heavy atom. The first-order chi connectivity index (χ1) is 17.4. The molecule has 1 saturated heterocycles. The number of nitro groups is 1. The van der Waals surface area contributed by atoms with Crippen LogP contribution in [-0.2, 0) is 17.8 Å². The number of nitrogens with one attached hydrogen (secondary N) is 1. The van der Waals surface area contributed by atoms with Crippen molar-refractivity contribution in [2.75, 3.05) is 31.1 Å². The number of amides is 1. The van der Waals surface area contributed by atoms with E-state index in [1.807, 2.05) is 35.2 Å². The highest BCUT2D eigenvalue weighted by Gasteiger charge is 2.25. The Hall–Kier alpha value is -4.04. The van der Waals surface area contributed by atoms with Crippen LogP contribution in [0, 0.1) is 17.0 Å². The zero-order valence-corrected chi connectivity index (χ0v) is 20.3. The van der Waals surface area contributed by atoms with Gasteiger partial charge in [0.05, 0.1) is 22.2 Å². The molecule has 1 N–H and O–H groups in total. The van der Waals surface area contributed by atoms with Gasteiger partial charge in [0.15, 0.2) is 0 Å². The molecular weight excluding hydrogens is 456 g/mol. The molecule has 0 aliphatic carbocycles. The smallest absolute Gasteiger partial charge is 0.271 e. The van der Waals surface area contributed by atoms with E-state index in [-0.39, 0.29) is 5.69 Å². The van der Waals surface area contributed by atoms with Crippen molar-refractivity contribution in [1.82, 2.24) is 10.2 Å². The van der Waals surface area contributed by atoms with Crippen LogP contribution in [0.3, 0.4) is 0 Å². The van der Waals surface area contributed by atoms with Gasteiger partial charge in [0.25, 0.3) is 11.6 Å². The summed E-state index contributed by atoms with van der Waals surface area (Å²) in [6.45, 7) is 5.69. The molecule has 0 saturated carbocycles. The summed E-state index contributed by atoms with van der Waals surface area (Å²) in [5.41, 5.74) is 4.17. The van der Waals surface area contributed by atoms with Crippen LogP contribution >= 0.6 is 0 Å². The summed E-state index contributed by atoms with van der Waals surface area (Å²) in [5.74, 6) is -0.421. The second kappa shape index (κ2) is 11.6. The molecule has 4 rings (SSSR count). The molecule has 8 heteroatoms. The number of nitro benzene ring substituents is 1. The van der Waals surface area contributed by atoms with Gasteiger partial charge in [-0.05, 0) is 30.5 Å². The number of aldehydes is 1. The largest absolute Gasteiger partial charge is 0.368 e. The fourth-order valence-electron chi connectivity index (χ4n) is 4.43. The van der Waals surface area contributed by atoms with Crippen LogP contribution in [0.25, 0.3) is 0 Å². The van der Waals surface area contributed by atoms with E-state index in [4.69, 9.17) is 0 Å². The van der Waals surface area contributed by atoms with Gasteiger partial charge in [0, 0.05) is 44.9 Å². The molecule has 1 atom stereocenters. The second-order valence-electron chi connectivity index (χ2n) is 9.11. The van der Waals surface area contributed by atoms with Gasteiger partial charge in [-0.3, -0.25) is 19.8 Å². The number of nitrogens with zero attached hydrogens (tertiary/aromatic N) is 3. The minimum Gasteiger partial charge on any atom is -0.368 e. The summed E-state index contributed by atoms with van der Waals surface area (Å²) in [6, 6.07) is 21.5. The van der Waals surface area contributed by atoms with Crippen LogP contribution < -0.4 is 10.2 Å². The predicted molar refractivity (Wildman–Crippen MR) is 139 cm³/mol. The van der Waals surface area contributed by atoms with Crippen molar-refractivity contribution in [3.8, 4) is 0 Å². The molecular formula is C28H30N4O4. The van der Waals surface area contributed by atoms with Crippen LogP contribution in [0.15, 0.2) is 72.8 Å². The van der Waals surface area contributed by atoms with Gasteiger partial charge in [0.2, 0.25) is 0 Å². The van der Waals surface area contributed by atoms with E-state index in [9.17, 15) is 19.7 Å². The second-order valence-corrected chi connectivity index (χ2v) is 9.11. The molecule has 186 valence electrons. The first-order valence-corrected chi connectivity index (χ1v) is 12.0. The number of piperazine rings is 1. The Morgan fingerprint density at radius 2 is 1.69 bits per heavy atom. The zero-order chi connectivity index (χ0) is 25.5. The van der Waals surface area contributed by atoms with Crippen molar-refractivity contribution in [2.24, 2.45) is 0 Å². The van der Waals surface area contributed by atoms with Crippen molar-refractivity contribution in [2.45, 2.75) is 25.9 Å². The molecule has 3 aromatic carbocycles. The maximum absolute atomic E-state index is 13.2. The fourth-order valence-corrected chi connectivity index (χ4v) is 4.43. The SMILES string of the molecule is Cc1ccc(CN2CCN(c3cc([N+](=O)[O-])ccc3C(=O)NC(C=O)Cc3ccccc3)CC2)cc1. The lowest BCUT2D eigenvalue weighted by molar-refractivity contribution is -0.384. The summed E-state index contributed by atoms with van der Waals surface area (Å²) < 4.78 is 0. The molecule has 36 heavy (non-hydrogen) atoms. The molecule has 0 radical (unpaired) electrons. The zero-order valence-electron chi connectivity index (χ0n) is 20.3. The first-order valence-electron chi connectivity index (χ1n) is 12.0. The average Bonchev–Trinajstić information content (AvgIpc) is 2.90. The number of anilines is 1. The third kappa shape index (κ3) is 6.34. The molecule has 0 spiro atoms. The minimum atomic E-state index is -0.700. The van der Waals surface area contributed by atoms with Crippen LogP contribution in [-0.4, -0.2) is 54.2 Å². The Kier molecular flexibility index (Phi) is 8.07. The summed E-state index contributed by atoms with van der Waals surface area (Å²) >= 11 is 0. The average molecular weight is 487 g/mol. The molecule has 1 aliphatic rings. The molecule has 1 amide bonds. The molecule has 1 unspecified atom stereocenters. The quantitative estimate of drug-likeness (QED) is 0.281. The van der Waals surface area contributed by atoms with Gasteiger partial charge in [-0.2, -0.15) is 0 Å². The third-order valence-corrected chi connectivity index (χ3v) is 6.46. The fraction of sp³-hybridized carbons (Fsp3) is 0.286. The summed E-state index contributed by atoms with van der Waals surface area (Å²) in [5, 5.41) is 14.2. The Bertz CT molecular complexity index is 1210. The van der Waals surface area contributed by atoms with Gasteiger partial charge >= 0.3 is 0 Å². The Morgan fingerprint density at radius 1 is 1.00 bits per heavy atom. The van der Waals surface area contributed by atoms with Crippen LogP contribution in [0.5, 0.6) is 0 Å². The normalized spacial score (nSPS) is 14.8. The van der Waals surface area contributed by atoms with Crippen molar-refractivity contribution >= 4 is 23.6 Å². The van der Waals surface area contributed by atoms with Crippen LogP contribution in [0.1, 0.15) is 27.0 Å². The highest BCUT2D eigenvalue weighted by Crippen LogP contribution is 2.28. The number of aryl methyl sites for hydroxylation is 1.